The van der Waals surface area contributed by atoms with Crippen molar-refractivity contribution >= 4 is 15.8 Å². The number of nitrogens with zero attached hydrogens (tertiary/aromatic N) is 2. The third-order valence-corrected chi connectivity index (χ3v) is 3.78. The summed E-state index contributed by atoms with van der Waals surface area (Å²) >= 11 is 0. The number of aryl methyl sites for hydroxylation is 2. The number of hydrogen-bond donors (Lipinski definition) is 2. The zero-order valence-corrected chi connectivity index (χ0v) is 10.7. The quantitative estimate of drug-likeness (QED) is 0.849. The van der Waals surface area contributed by atoms with Gasteiger partial charge in [-0.2, -0.15) is 5.10 Å². The Hall–Kier alpha value is -1.80. The van der Waals surface area contributed by atoms with Crippen LogP contribution in [0.2, 0.25) is 0 Å². The first-order valence-electron chi connectivity index (χ1n) is 5.15. The number of aliphatic hydroxyl groups excluding tert-OH is 1. The van der Waals surface area contributed by atoms with Gasteiger partial charge in [0.1, 0.15) is 23.0 Å². The SMILES string of the molecule is Cc1oc(CO)cc1S(=O)(=O)Nc1ccn(C)n1. The van der Waals surface area contributed by atoms with Gasteiger partial charge in [0, 0.05) is 25.4 Å². The summed E-state index contributed by atoms with van der Waals surface area (Å²) in [7, 11) is -2.07. The molecule has 2 aromatic rings. The Morgan fingerprint density at radius 1 is 1.56 bits per heavy atom. The Morgan fingerprint density at radius 3 is 2.78 bits per heavy atom. The number of rotatable bonds is 4. The number of furan rings is 1. The molecule has 0 saturated carbocycles. The minimum Gasteiger partial charge on any atom is -0.462 e. The van der Waals surface area contributed by atoms with Crippen molar-refractivity contribution in [3.63, 3.8) is 0 Å². The Morgan fingerprint density at radius 2 is 2.28 bits per heavy atom. The Labute approximate surface area is 104 Å². The average Bonchev–Trinajstić information content (AvgIpc) is 2.84. The van der Waals surface area contributed by atoms with Crippen molar-refractivity contribution in [2.45, 2.75) is 18.4 Å². The zero-order chi connectivity index (χ0) is 13.3. The molecule has 0 bridgehead atoms. The van der Waals surface area contributed by atoms with Crippen molar-refractivity contribution in [1.82, 2.24) is 9.78 Å². The predicted octanol–water partition coefficient (Wildman–Crippen LogP) is 0.615. The Balaban J connectivity index is 2.33. The van der Waals surface area contributed by atoms with E-state index in [0.29, 0.717) is 0 Å². The van der Waals surface area contributed by atoms with Gasteiger partial charge in [-0.15, -0.1) is 0 Å². The number of anilines is 1. The monoisotopic (exact) mass is 271 g/mol. The van der Waals surface area contributed by atoms with Gasteiger partial charge in [0.15, 0.2) is 5.82 Å². The molecule has 0 saturated heterocycles. The summed E-state index contributed by atoms with van der Waals surface area (Å²) in [5.74, 6) is 0.653. The highest BCUT2D eigenvalue weighted by Crippen LogP contribution is 2.22. The second kappa shape index (κ2) is 4.46. The topological polar surface area (TPSA) is 97.4 Å². The molecule has 0 atom stereocenters. The molecule has 0 aromatic carbocycles. The molecule has 0 fully saturated rings. The van der Waals surface area contributed by atoms with E-state index in [1.807, 2.05) is 0 Å². The molecule has 18 heavy (non-hydrogen) atoms. The van der Waals surface area contributed by atoms with E-state index in [1.165, 1.54) is 17.7 Å². The summed E-state index contributed by atoms with van der Waals surface area (Å²) in [5, 5.41) is 12.8. The molecule has 0 spiro atoms. The van der Waals surface area contributed by atoms with E-state index in [0.717, 1.165) is 0 Å². The van der Waals surface area contributed by atoms with Gasteiger partial charge in [0.25, 0.3) is 10.0 Å². The van der Waals surface area contributed by atoms with Gasteiger partial charge >= 0.3 is 0 Å². The summed E-state index contributed by atoms with van der Waals surface area (Å²) in [4.78, 5) is -0.00259. The van der Waals surface area contributed by atoms with E-state index in [-0.39, 0.29) is 28.8 Å². The van der Waals surface area contributed by atoms with Crippen molar-refractivity contribution in [1.29, 1.82) is 0 Å². The molecular formula is C10H13N3O4S. The van der Waals surface area contributed by atoms with E-state index in [4.69, 9.17) is 9.52 Å². The second-order valence-electron chi connectivity index (χ2n) is 3.77. The molecule has 0 amide bonds. The highest BCUT2D eigenvalue weighted by molar-refractivity contribution is 7.92. The lowest BCUT2D eigenvalue weighted by molar-refractivity contribution is 0.245. The van der Waals surface area contributed by atoms with Crippen LogP contribution in [0.25, 0.3) is 0 Å². The van der Waals surface area contributed by atoms with Crippen LogP contribution < -0.4 is 4.72 Å². The fourth-order valence-electron chi connectivity index (χ4n) is 1.53. The number of aliphatic hydroxyl groups is 1. The van der Waals surface area contributed by atoms with Crippen LogP contribution in [-0.4, -0.2) is 23.3 Å². The molecule has 2 rings (SSSR count). The minimum atomic E-state index is -3.75. The Kier molecular flexibility index (Phi) is 3.14. The molecule has 0 unspecified atom stereocenters. The molecule has 7 nitrogen and oxygen atoms in total. The van der Waals surface area contributed by atoms with Gasteiger partial charge in [0.2, 0.25) is 0 Å². The van der Waals surface area contributed by atoms with Crippen LogP contribution in [0.15, 0.2) is 27.6 Å². The molecule has 0 aliphatic heterocycles. The fourth-order valence-corrected chi connectivity index (χ4v) is 2.73. The number of aromatic nitrogens is 2. The van der Waals surface area contributed by atoms with Gasteiger partial charge in [-0.3, -0.25) is 9.40 Å². The van der Waals surface area contributed by atoms with Gasteiger partial charge in [0.05, 0.1) is 0 Å². The summed E-state index contributed by atoms with van der Waals surface area (Å²) < 4.78 is 33.0. The summed E-state index contributed by atoms with van der Waals surface area (Å²) in [6.07, 6.45) is 1.62. The first-order valence-corrected chi connectivity index (χ1v) is 6.63. The van der Waals surface area contributed by atoms with Crippen LogP contribution in [0.4, 0.5) is 5.82 Å². The second-order valence-corrected chi connectivity index (χ2v) is 5.42. The highest BCUT2D eigenvalue weighted by Gasteiger charge is 2.22. The maximum absolute atomic E-state index is 12.1. The predicted molar refractivity (Wildman–Crippen MR) is 63.4 cm³/mol. The third-order valence-electron chi connectivity index (χ3n) is 2.32. The lowest BCUT2D eigenvalue weighted by Crippen LogP contribution is -2.13. The van der Waals surface area contributed by atoms with E-state index >= 15 is 0 Å². The molecule has 0 aliphatic rings. The van der Waals surface area contributed by atoms with Crippen molar-refractivity contribution in [3.8, 4) is 0 Å². The number of sulfonamides is 1. The van der Waals surface area contributed by atoms with E-state index in [9.17, 15) is 8.42 Å². The molecule has 2 N–H and O–H groups in total. The maximum Gasteiger partial charge on any atom is 0.266 e. The molecule has 98 valence electrons. The van der Waals surface area contributed by atoms with E-state index in [1.54, 1.807) is 19.3 Å². The maximum atomic E-state index is 12.1. The van der Waals surface area contributed by atoms with Gasteiger partial charge in [-0.25, -0.2) is 8.42 Å². The van der Waals surface area contributed by atoms with Crippen molar-refractivity contribution in [3.05, 3.63) is 29.9 Å². The molecule has 0 radical (unpaired) electrons. The molecule has 0 aliphatic carbocycles. The van der Waals surface area contributed by atoms with Crippen LogP contribution in [-0.2, 0) is 23.7 Å². The van der Waals surface area contributed by atoms with Crippen LogP contribution in [0, 0.1) is 6.92 Å². The van der Waals surface area contributed by atoms with Crippen molar-refractivity contribution < 1.29 is 17.9 Å². The van der Waals surface area contributed by atoms with E-state index in [2.05, 4.69) is 9.82 Å². The van der Waals surface area contributed by atoms with Crippen LogP contribution >= 0.6 is 0 Å². The standard InChI is InChI=1S/C10H13N3O4S/c1-7-9(5-8(6-14)17-7)18(15,16)12-10-3-4-13(2)11-10/h3-5,14H,6H2,1-2H3,(H,11,12). The smallest absolute Gasteiger partial charge is 0.266 e. The average molecular weight is 271 g/mol. The molecule has 2 heterocycles. The van der Waals surface area contributed by atoms with Gasteiger partial charge in [-0.05, 0) is 6.92 Å². The summed E-state index contributed by atoms with van der Waals surface area (Å²) in [6, 6.07) is 2.83. The van der Waals surface area contributed by atoms with Crippen LogP contribution in [0.1, 0.15) is 11.5 Å². The number of nitrogens with one attached hydrogen (secondary N) is 1. The zero-order valence-electron chi connectivity index (χ0n) is 9.91. The first kappa shape index (κ1) is 12.7. The van der Waals surface area contributed by atoms with Gasteiger partial charge in [-0.1, -0.05) is 0 Å². The minimum absolute atomic E-state index is 0.00259. The van der Waals surface area contributed by atoms with Crippen molar-refractivity contribution in [2.24, 2.45) is 7.05 Å². The van der Waals surface area contributed by atoms with Crippen LogP contribution in [0.5, 0.6) is 0 Å². The third kappa shape index (κ3) is 2.39. The van der Waals surface area contributed by atoms with Crippen molar-refractivity contribution in [2.75, 3.05) is 4.72 Å². The summed E-state index contributed by atoms with van der Waals surface area (Å²) in [5.41, 5.74) is 0. The van der Waals surface area contributed by atoms with Gasteiger partial charge < -0.3 is 9.52 Å². The molecule has 8 heteroatoms. The summed E-state index contributed by atoms with van der Waals surface area (Å²) in [6.45, 7) is 1.17. The molecule has 2 aromatic heterocycles. The largest absolute Gasteiger partial charge is 0.462 e. The van der Waals surface area contributed by atoms with Crippen LogP contribution in [0.3, 0.4) is 0 Å². The van der Waals surface area contributed by atoms with E-state index < -0.39 is 10.0 Å². The lowest BCUT2D eigenvalue weighted by Gasteiger charge is -2.03. The lowest BCUT2D eigenvalue weighted by atomic mass is 10.4. The highest BCUT2D eigenvalue weighted by atomic mass is 32.2. The Bertz CT molecular complexity index is 656. The first-order chi connectivity index (χ1) is 8.42. The molecular weight excluding hydrogens is 258 g/mol. The normalized spacial score (nSPS) is 11.7. The fraction of sp³-hybridized carbons (Fsp3) is 0.300. The number of hydrogen-bond acceptors (Lipinski definition) is 5.